The van der Waals surface area contributed by atoms with E-state index in [4.69, 9.17) is 0 Å². The van der Waals surface area contributed by atoms with Crippen LogP contribution in [0.2, 0.25) is 0 Å². The van der Waals surface area contributed by atoms with Crippen molar-refractivity contribution in [3.05, 3.63) is 49.2 Å². The number of hydrogen-bond acceptors (Lipinski definition) is 6. The number of nitro benzene ring substituents is 1. The van der Waals surface area contributed by atoms with Crippen molar-refractivity contribution in [3.8, 4) is 0 Å². The van der Waals surface area contributed by atoms with Crippen molar-refractivity contribution in [2.24, 2.45) is 0 Å². The molecule has 0 radical (unpaired) electrons. The fourth-order valence-corrected chi connectivity index (χ4v) is 1.16. The molecule has 76 valence electrons. The Kier molecular flexibility index (Phi) is 1.86. The lowest BCUT2D eigenvalue weighted by molar-refractivity contribution is -0.384. The van der Waals surface area contributed by atoms with Gasteiger partial charge < -0.3 is 0 Å². The van der Waals surface area contributed by atoms with Gasteiger partial charge in [0.25, 0.3) is 5.69 Å². The predicted octanol–water partition coefficient (Wildman–Crippen LogP) is 0.654. The topological polar surface area (TPSA) is 104 Å². The number of rotatable bonds is 1. The summed E-state index contributed by atoms with van der Waals surface area (Å²) in [4.78, 5) is 31.9. The molecule has 7 heteroatoms. The minimum atomic E-state index is -0.923. The van der Waals surface area contributed by atoms with E-state index < -0.39 is 16.2 Å². The number of nitrogens with zero attached hydrogens (tertiary/aromatic N) is 1. The van der Waals surface area contributed by atoms with E-state index in [9.17, 15) is 19.7 Å². The van der Waals surface area contributed by atoms with Crippen LogP contribution in [0.15, 0.2) is 36.9 Å². The fraction of sp³-hybridized carbons (Fsp3) is 0. The third kappa shape index (κ3) is 1.39. The predicted molar refractivity (Wildman–Crippen MR) is 47.7 cm³/mol. The average molecular weight is 209 g/mol. The zero-order valence-electron chi connectivity index (χ0n) is 7.13. The van der Waals surface area contributed by atoms with Crippen LogP contribution in [0.25, 0.3) is 10.8 Å². The largest absolute Gasteiger partial charge is 0.387 e. The van der Waals surface area contributed by atoms with Crippen molar-refractivity contribution in [1.82, 2.24) is 0 Å². The highest BCUT2D eigenvalue weighted by Crippen LogP contribution is 2.15. The molecule has 0 fully saturated rings. The Morgan fingerprint density at radius 1 is 1.07 bits per heavy atom. The van der Waals surface area contributed by atoms with Crippen LogP contribution in [-0.2, 0) is 0 Å². The summed E-state index contributed by atoms with van der Waals surface area (Å²) in [6.45, 7) is 0. The molecule has 0 aliphatic rings. The summed E-state index contributed by atoms with van der Waals surface area (Å²) in [5.41, 5.74) is -2.06. The van der Waals surface area contributed by atoms with Crippen molar-refractivity contribution in [2.45, 2.75) is 0 Å². The van der Waals surface area contributed by atoms with Crippen molar-refractivity contribution in [1.29, 1.82) is 0 Å². The fourth-order valence-electron chi connectivity index (χ4n) is 1.16. The van der Waals surface area contributed by atoms with Crippen LogP contribution in [0.1, 0.15) is 0 Å². The first-order valence-electron chi connectivity index (χ1n) is 3.81. The second-order valence-corrected chi connectivity index (χ2v) is 2.73. The van der Waals surface area contributed by atoms with E-state index >= 15 is 0 Å². The van der Waals surface area contributed by atoms with Gasteiger partial charge in [-0.3, -0.25) is 10.1 Å². The Balaban J connectivity index is 2.94. The summed E-state index contributed by atoms with van der Waals surface area (Å²) >= 11 is 0. The quantitative estimate of drug-likeness (QED) is 0.388. The molecular weight excluding hydrogens is 206 g/mol. The van der Waals surface area contributed by atoms with Gasteiger partial charge in [0, 0.05) is 12.1 Å². The number of hydrogen-bond donors (Lipinski definition) is 0. The Bertz CT molecular complexity index is 652. The molecule has 0 saturated carbocycles. The molecule has 0 saturated heterocycles. The van der Waals surface area contributed by atoms with Gasteiger partial charge in [-0.15, -0.1) is 0 Å². The normalized spacial score (nSPS) is 10.4. The molecular formula is C8H3NO6. The molecule has 0 spiro atoms. The summed E-state index contributed by atoms with van der Waals surface area (Å²) in [7, 11) is 0. The van der Waals surface area contributed by atoms with Crippen molar-refractivity contribution < 1.29 is 14.1 Å². The van der Waals surface area contributed by atoms with Crippen LogP contribution in [0.4, 0.5) is 5.69 Å². The summed E-state index contributed by atoms with van der Waals surface area (Å²) in [5, 5.41) is 10.2. The van der Waals surface area contributed by atoms with Gasteiger partial charge >= 0.3 is 11.3 Å². The second-order valence-electron chi connectivity index (χ2n) is 2.73. The Morgan fingerprint density at radius 3 is 2.27 bits per heavy atom. The molecule has 2 aromatic rings. The maximum atomic E-state index is 11.1. The molecule has 2 rings (SSSR count). The molecule has 7 nitrogen and oxygen atoms in total. The molecule has 1 aromatic heterocycles. The maximum absolute atomic E-state index is 11.1. The van der Waals surface area contributed by atoms with Gasteiger partial charge in [-0.25, -0.2) is 18.7 Å². The Labute approximate surface area is 80.6 Å². The Morgan fingerprint density at radius 2 is 1.67 bits per heavy atom. The standard InChI is InChI=1S/C8H3NO6/c10-7-5-2-1-4(9(12)13)3-6(5)8(11)15-14-7/h1-3H. The molecule has 0 N–H and O–H groups in total. The lowest BCUT2D eigenvalue weighted by atomic mass is 10.2. The van der Waals surface area contributed by atoms with E-state index in [0.29, 0.717) is 0 Å². The van der Waals surface area contributed by atoms with E-state index in [2.05, 4.69) is 9.15 Å². The van der Waals surface area contributed by atoms with Crippen LogP contribution in [-0.4, -0.2) is 4.92 Å². The first-order chi connectivity index (χ1) is 7.09. The zero-order chi connectivity index (χ0) is 11.0. The molecule has 0 unspecified atom stereocenters. The lowest BCUT2D eigenvalue weighted by Crippen LogP contribution is -2.08. The third-order valence-corrected chi connectivity index (χ3v) is 1.85. The van der Waals surface area contributed by atoms with Gasteiger partial charge in [0.15, 0.2) is 0 Å². The number of fused-ring (bicyclic) bond motifs is 1. The molecule has 0 atom stereocenters. The first-order valence-corrected chi connectivity index (χ1v) is 3.81. The highest BCUT2D eigenvalue weighted by molar-refractivity contribution is 5.81. The van der Waals surface area contributed by atoms with Crippen LogP contribution >= 0.6 is 0 Å². The molecule has 0 amide bonds. The Hall–Kier alpha value is -2.44. The van der Waals surface area contributed by atoms with Crippen LogP contribution in [0, 0.1) is 10.1 Å². The minimum absolute atomic E-state index is 0.0446. The van der Waals surface area contributed by atoms with Gasteiger partial charge in [0.1, 0.15) is 0 Å². The molecule has 0 bridgehead atoms. The van der Waals surface area contributed by atoms with Crippen LogP contribution in [0.3, 0.4) is 0 Å². The summed E-state index contributed by atoms with van der Waals surface area (Å²) in [6, 6.07) is 3.23. The van der Waals surface area contributed by atoms with E-state index in [1.165, 1.54) is 0 Å². The third-order valence-electron chi connectivity index (χ3n) is 1.85. The van der Waals surface area contributed by atoms with Crippen molar-refractivity contribution in [2.75, 3.05) is 0 Å². The van der Waals surface area contributed by atoms with E-state index in [0.717, 1.165) is 18.2 Å². The van der Waals surface area contributed by atoms with Crippen LogP contribution < -0.4 is 11.3 Å². The SMILES string of the molecule is O=c1ooc(=O)c2cc([N+](=O)[O-])ccc12. The number of nitro groups is 1. The van der Waals surface area contributed by atoms with E-state index in [1.807, 2.05) is 0 Å². The smallest absolute Gasteiger partial charge is 0.258 e. The van der Waals surface area contributed by atoms with Crippen LogP contribution in [0.5, 0.6) is 0 Å². The zero-order valence-corrected chi connectivity index (χ0v) is 7.13. The van der Waals surface area contributed by atoms with E-state index in [1.54, 1.807) is 0 Å². The monoisotopic (exact) mass is 209 g/mol. The van der Waals surface area contributed by atoms with Gasteiger partial charge in [0.2, 0.25) is 0 Å². The van der Waals surface area contributed by atoms with Gasteiger partial charge in [-0.2, -0.15) is 0 Å². The maximum Gasteiger partial charge on any atom is 0.387 e. The summed E-state index contributed by atoms with van der Waals surface area (Å²) < 4.78 is 8.10. The molecule has 1 aromatic carbocycles. The summed E-state index contributed by atoms with van der Waals surface area (Å²) in [5.74, 6) is 0. The van der Waals surface area contributed by atoms with Crippen molar-refractivity contribution in [3.63, 3.8) is 0 Å². The molecule has 0 aliphatic heterocycles. The molecule has 0 aliphatic carbocycles. The molecule has 1 heterocycles. The second kappa shape index (κ2) is 3.05. The van der Waals surface area contributed by atoms with Gasteiger partial charge in [-0.1, -0.05) is 0 Å². The average Bonchev–Trinajstić information content (AvgIpc) is 2.23. The van der Waals surface area contributed by atoms with E-state index in [-0.39, 0.29) is 16.5 Å². The molecule has 15 heavy (non-hydrogen) atoms. The highest BCUT2D eigenvalue weighted by atomic mass is 17.0. The number of non-ortho nitro benzene ring substituents is 1. The van der Waals surface area contributed by atoms with Gasteiger partial charge in [-0.05, 0) is 6.07 Å². The number of benzene rings is 1. The summed E-state index contributed by atoms with van der Waals surface area (Å²) in [6.07, 6.45) is 0. The van der Waals surface area contributed by atoms with Crippen molar-refractivity contribution >= 4 is 16.5 Å². The first kappa shape index (κ1) is 9.13. The highest BCUT2D eigenvalue weighted by Gasteiger charge is 2.12. The minimum Gasteiger partial charge on any atom is -0.258 e. The lowest BCUT2D eigenvalue weighted by Gasteiger charge is -1.92. The van der Waals surface area contributed by atoms with Gasteiger partial charge in [0.05, 0.1) is 15.7 Å².